The van der Waals surface area contributed by atoms with Crippen molar-refractivity contribution < 1.29 is 4.79 Å². The van der Waals surface area contributed by atoms with Crippen molar-refractivity contribution in [3.05, 3.63) is 132 Å². The molecule has 0 amide bonds. The molecule has 3 heteroatoms. The highest BCUT2D eigenvalue weighted by atomic mass is 32.4. The SMILES string of the molecule is Cc1ccc(C(=O)CC(Cc2ccccc2)P(=S)(c2ccccc2)c2ccccc2)cc1. The summed E-state index contributed by atoms with van der Waals surface area (Å²) in [5.74, 6) is 0.159. The minimum Gasteiger partial charge on any atom is -0.294 e. The number of aryl methyl sites for hydroxylation is 1. The molecule has 4 rings (SSSR count). The van der Waals surface area contributed by atoms with Gasteiger partial charge in [0.2, 0.25) is 0 Å². The van der Waals surface area contributed by atoms with Gasteiger partial charge in [-0.05, 0) is 29.5 Å². The third-order valence-corrected chi connectivity index (χ3v) is 11.6. The fraction of sp³-hybridized carbons (Fsp3) is 0.138. The summed E-state index contributed by atoms with van der Waals surface area (Å²) in [7, 11) is 0. The van der Waals surface area contributed by atoms with Gasteiger partial charge in [-0.1, -0.05) is 133 Å². The molecule has 0 aliphatic rings. The maximum Gasteiger partial charge on any atom is 0.163 e. The molecule has 4 aromatic rings. The molecule has 1 atom stereocenters. The van der Waals surface area contributed by atoms with Crippen LogP contribution in [-0.2, 0) is 18.2 Å². The largest absolute Gasteiger partial charge is 0.294 e. The van der Waals surface area contributed by atoms with Crippen LogP contribution in [0.1, 0.15) is 27.9 Å². The number of carbonyl (C=O) groups excluding carboxylic acids is 1. The second-order valence-corrected chi connectivity index (χ2v) is 13.0. The van der Waals surface area contributed by atoms with Crippen LogP contribution in [0.5, 0.6) is 0 Å². The Morgan fingerprint density at radius 3 is 1.69 bits per heavy atom. The second kappa shape index (κ2) is 10.2. The van der Waals surface area contributed by atoms with Gasteiger partial charge < -0.3 is 0 Å². The molecule has 0 fully saturated rings. The molecule has 0 bridgehead atoms. The minimum atomic E-state index is -2.27. The number of hydrogen-bond acceptors (Lipinski definition) is 2. The summed E-state index contributed by atoms with van der Waals surface area (Å²) in [6.45, 7) is 2.04. The molecule has 0 aliphatic carbocycles. The summed E-state index contributed by atoms with van der Waals surface area (Å²) in [6, 6.07) is 36.9. The van der Waals surface area contributed by atoms with Crippen molar-refractivity contribution in [2.24, 2.45) is 0 Å². The Kier molecular flexibility index (Phi) is 7.15. The van der Waals surface area contributed by atoms with E-state index in [0.717, 1.165) is 17.5 Å². The Morgan fingerprint density at radius 1 is 0.719 bits per heavy atom. The molecular formula is C29H27OPS. The van der Waals surface area contributed by atoms with Crippen molar-refractivity contribution in [1.82, 2.24) is 0 Å². The van der Waals surface area contributed by atoms with E-state index in [1.807, 2.05) is 49.4 Å². The molecule has 0 N–H and O–H groups in total. The Morgan fingerprint density at radius 2 is 1.19 bits per heavy atom. The van der Waals surface area contributed by atoms with Crippen LogP contribution < -0.4 is 10.6 Å². The van der Waals surface area contributed by atoms with E-state index >= 15 is 0 Å². The second-order valence-electron chi connectivity index (χ2n) is 8.17. The highest BCUT2D eigenvalue weighted by Crippen LogP contribution is 2.51. The Labute approximate surface area is 196 Å². The van der Waals surface area contributed by atoms with Crippen LogP contribution >= 0.6 is 6.04 Å². The number of hydrogen-bond donors (Lipinski definition) is 0. The fourth-order valence-corrected chi connectivity index (χ4v) is 8.60. The van der Waals surface area contributed by atoms with Crippen molar-refractivity contribution >= 4 is 34.2 Å². The summed E-state index contributed by atoms with van der Waals surface area (Å²) in [5.41, 5.74) is 3.16. The van der Waals surface area contributed by atoms with E-state index in [4.69, 9.17) is 11.8 Å². The number of carbonyl (C=O) groups is 1. The number of ketones is 1. The van der Waals surface area contributed by atoms with Crippen LogP contribution in [0, 0.1) is 6.92 Å². The van der Waals surface area contributed by atoms with Crippen LogP contribution in [0.25, 0.3) is 0 Å². The van der Waals surface area contributed by atoms with E-state index in [2.05, 4.69) is 72.8 Å². The Hall–Kier alpha value is -2.80. The van der Waals surface area contributed by atoms with Gasteiger partial charge in [0, 0.05) is 23.7 Å². The average Bonchev–Trinajstić information content (AvgIpc) is 2.85. The molecule has 1 nitrogen and oxygen atoms in total. The van der Waals surface area contributed by atoms with Gasteiger partial charge in [-0.2, -0.15) is 0 Å². The van der Waals surface area contributed by atoms with Crippen molar-refractivity contribution in [1.29, 1.82) is 0 Å². The normalized spacial score (nSPS) is 12.3. The molecule has 0 saturated carbocycles. The highest BCUT2D eigenvalue weighted by Gasteiger charge is 2.34. The average molecular weight is 455 g/mol. The molecule has 0 aliphatic heterocycles. The van der Waals surface area contributed by atoms with Gasteiger partial charge in [0.15, 0.2) is 5.78 Å². The van der Waals surface area contributed by atoms with Gasteiger partial charge in [-0.15, -0.1) is 0 Å². The smallest absolute Gasteiger partial charge is 0.163 e. The summed E-state index contributed by atoms with van der Waals surface area (Å²) < 4.78 is 0. The number of benzene rings is 4. The lowest BCUT2D eigenvalue weighted by atomic mass is 10.0. The summed E-state index contributed by atoms with van der Waals surface area (Å²) in [4.78, 5) is 13.4. The first-order chi connectivity index (χ1) is 15.6. The lowest BCUT2D eigenvalue weighted by molar-refractivity contribution is 0.0981. The van der Waals surface area contributed by atoms with Crippen molar-refractivity contribution in [2.45, 2.75) is 25.4 Å². The van der Waals surface area contributed by atoms with Crippen LogP contribution in [-0.4, -0.2) is 11.4 Å². The molecule has 32 heavy (non-hydrogen) atoms. The molecule has 160 valence electrons. The molecule has 0 saturated heterocycles. The topological polar surface area (TPSA) is 17.1 Å². The Bertz CT molecular complexity index is 1160. The van der Waals surface area contributed by atoms with E-state index in [1.165, 1.54) is 16.2 Å². The van der Waals surface area contributed by atoms with Gasteiger partial charge >= 0.3 is 0 Å². The van der Waals surface area contributed by atoms with Crippen molar-refractivity contribution in [3.63, 3.8) is 0 Å². The lowest BCUT2D eigenvalue weighted by Crippen LogP contribution is -2.29. The molecule has 1 unspecified atom stereocenters. The lowest BCUT2D eigenvalue weighted by Gasteiger charge is -2.32. The maximum atomic E-state index is 13.4. The zero-order valence-corrected chi connectivity index (χ0v) is 19.9. The molecule has 0 aromatic heterocycles. The summed E-state index contributed by atoms with van der Waals surface area (Å²) >= 11 is 6.60. The maximum absolute atomic E-state index is 13.4. The van der Waals surface area contributed by atoms with Gasteiger partial charge in [0.25, 0.3) is 0 Å². The first-order valence-corrected chi connectivity index (χ1v) is 13.8. The zero-order chi connectivity index (χ0) is 22.4. The van der Waals surface area contributed by atoms with Crippen molar-refractivity contribution in [3.8, 4) is 0 Å². The van der Waals surface area contributed by atoms with Gasteiger partial charge in [-0.3, -0.25) is 4.79 Å². The predicted octanol–water partition coefficient (Wildman–Crippen LogP) is 6.31. The van der Waals surface area contributed by atoms with Crippen LogP contribution in [0.4, 0.5) is 0 Å². The first kappa shape index (κ1) is 22.4. The standard InChI is InChI=1S/C29H27OPS/c1-23-17-19-25(20-18-23)29(30)22-28(21-24-11-5-2-6-12-24)31(32,26-13-7-3-8-14-26)27-15-9-4-10-16-27/h2-20,28H,21-22H2,1H3. The van der Waals surface area contributed by atoms with Gasteiger partial charge in [0.05, 0.1) is 0 Å². The van der Waals surface area contributed by atoms with Crippen molar-refractivity contribution in [2.75, 3.05) is 0 Å². The van der Waals surface area contributed by atoms with E-state index < -0.39 is 6.04 Å². The molecule has 0 spiro atoms. The van der Waals surface area contributed by atoms with Crippen LogP contribution in [0.15, 0.2) is 115 Å². The van der Waals surface area contributed by atoms with Crippen LogP contribution in [0.2, 0.25) is 0 Å². The van der Waals surface area contributed by atoms with E-state index in [-0.39, 0.29) is 11.4 Å². The van der Waals surface area contributed by atoms with E-state index in [0.29, 0.717) is 6.42 Å². The summed E-state index contributed by atoms with van der Waals surface area (Å²) in [5, 5.41) is 2.33. The minimum absolute atomic E-state index is 0.0264. The molecule has 0 radical (unpaired) electrons. The van der Waals surface area contributed by atoms with E-state index in [1.54, 1.807) is 0 Å². The molecule has 0 heterocycles. The van der Waals surface area contributed by atoms with Crippen LogP contribution in [0.3, 0.4) is 0 Å². The highest BCUT2D eigenvalue weighted by molar-refractivity contribution is 8.22. The molecular weight excluding hydrogens is 427 g/mol. The fourth-order valence-electron chi connectivity index (χ4n) is 4.16. The predicted molar refractivity (Wildman–Crippen MR) is 140 cm³/mol. The number of Topliss-reactive ketones (excluding diaryl/α,β-unsaturated/α-hetero) is 1. The third kappa shape index (κ3) is 4.99. The van der Waals surface area contributed by atoms with Gasteiger partial charge in [-0.25, -0.2) is 0 Å². The quantitative estimate of drug-likeness (QED) is 0.229. The third-order valence-electron chi connectivity index (χ3n) is 5.90. The summed E-state index contributed by atoms with van der Waals surface area (Å²) in [6.07, 6.45) is 1.21. The zero-order valence-electron chi connectivity index (χ0n) is 18.2. The monoisotopic (exact) mass is 454 g/mol. The first-order valence-electron chi connectivity index (χ1n) is 10.9. The molecule has 4 aromatic carbocycles. The Balaban J connectivity index is 1.81. The number of rotatable bonds is 8. The van der Waals surface area contributed by atoms with E-state index in [9.17, 15) is 4.79 Å². The van der Waals surface area contributed by atoms with Gasteiger partial charge in [0.1, 0.15) is 0 Å².